The molecule has 1 fully saturated rings. The van der Waals surface area contributed by atoms with Gasteiger partial charge in [0.1, 0.15) is 11.4 Å². The van der Waals surface area contributed by atoms with Gasteiger partial charge in [-0.3, -0.25) is 19.7 Å². The Morgan fingerprint density at radius 3 is 2.75 bits per heavy atom. The number of likely N-dealkylation sites (tertiary alicyclic amines) is 1. The summed E-state index contributed by atoms with van der Waals surface area (Å²) in [6, 6.07) is 7.79. The molecule has 0 N–H and O–H groups in total. The molecule has 0 spiro atoms. The number of para-hydroxylation sites is 1. The minimum Gasteiger partial charge on any atom is -0.496 e. The summed E-state index contributed by atoms with van der Waals surface area (Å²) in [4.78, 5) is 32.0. The first-order chi connectivity index (χ1) is 13.8. The van der Waals surface area contributed by atoms with E-state index < -0.39 is 0 Å². The molecule has 0 saturated carbocycles. The van der Waals surface area contributed by atoms with Crippen molar-refractivity contribution < 1.29 is 9.53 Å². The highest BCUT2D eigenvalue weighted by Crippen LogP contribution is 2.35. The van der Waals surface area contributed by atoms with E-state index in [0.29, 0.717) is 18.8 Å². The molecule has 1 aliphatic rings. The second-order valence-corrected chi connectivity index (χ2v) is 6.67. The Labute approximate surface area is 163 Å². The van der Waals surface area contributed by atoms with Gasteiger partial charge < -0.3 is 9.64 Å². The van der Waals surface area contributed by atoms with Crippen molar-refractivity contribution in [3.63, 3.8) is 0 Å². The Morgan fingerprint density at radius 2 is 1.93 bits per heavy atom. The van der Waals surface area contributed by atoms with E-state index in [4.69, 9.17) is 4.74 Å². The Balaban J connectivity index is 1.64. The van der Waals surface area contributed by atoms with Crippen LogP contribution in [0.2, 0.25) is 0 Å². The lowest BCUT2D eigenvalue weighted by molar-refractivity contribution is 0.0699. The smallest absolute Gasteiger partial charge is 0.274 e. The monoisotopic (exact) mass is 375 g/mol. The van der Waals surface area contributed by atoms with Gasteiger partial charge in [-0.05, 0) is 25.0 Å². The third-order valence-electron chi connectivity index (χ3n) is 4.97. The number of benzene rings is 1. The van der Waals surface area contributed by atoms with Crippen LogP contribution in [0.5, 0.6) is 5.75 Å². The molecule has 3 aromatic rings. The number of methoxy groups -OCH3 is 1. The van der Waals surface area contributed by atoms with Gasteiger partial charge in [-0.15, -0.1) is 0 Å². The molecule has 7 nitrogen and oxygen atoms in total. The van der Waals surface area contributed by atoms with Gasteiger partial charge in [0.25, 0.3) is 5.91 Å². The maximum Gasteiger partial charge on any atom is 0.274 e. The predicted molar refractivity (Wildman–Crippen MR) is 104 cm³/mol. The molecular formula is C21H21N5O2. The number of nitrogens with zero attached hydrogens (tertiary/aromatic N) is 5. The zero-order valence-electron chi connectivity index (χ0n) is 15.7. The zero-order chi connectivity index (χ0) is 19.3. The van der Waals surface area contributed by atoms with E-state index in [9.17, 15) is 4.79 Å². The largest absolute Gasteiger partial charge is 0.496 e. The van der Waals surface area contributed by atoms with Crippen molar-refractivity contribution >= 4 is 5.91 Å². The van der Waals surface area contributed by atoms with Crippen LogP contribution in [-0.2, 0) is 0 Å². The molecule has 0 bridgehead atoms. The van der Waals surface area contributed by atoms with Gasteiger partial charge in [0.2, 0.25) is 0 Å². The SMILES string of the molecule is COc1ccccc1-c1nccnc1C1CCCN(C(=O)c2cnccn2)C1. The molecule has 3 heterocycles. The lowest BCUT2D eigenvalue weighted by atomic mass is 9.91. The molecule has 1 aliphatic heterocycles. The summed E-state index contributed by atoms with van der Waals surface area (Å²) < 4.78 is 5.51. The fourth-order valence-corrected chi connectivity index (χ4v) is 3.65. The number of carbonyl (C=O) groups is 1. The van der Waals surface area contributed by atoms with Crippen LogP contribution in [0.25, 0.3) is 11.3 Å². The molecule has 0 aliphatic carbocycles. The topological polar surface area (TPSA) is 81.1 Å². The fourth-order valence-electron chi connectivity index (χ4n) is 3.65. The van der Waals surface area contributed by atoms with Gasteiger partial charge in [0.15, 0.2) is 0 Å². The van der Waals surface area contributed by atoms with Gasteiger partial charge in [0, 0.05) is 49.4 Å². The van der Waals surface area contributed by atoms with Crippen LogP contribution in [0.15, 0.2) is 55.2 Å². The van der Waals surface area contributed by atoms with Crippen LogP contribution in [0.1, 0.15) is 34.9 Å². The van der Waals surface area contributed by atoms with Crippen molar-refractivity contribution in [2.45, 2.75) is 18.8 Å². The number of carbonyl (C=O) groups excluding carboxylic acids is 1. The standard InChI is InChI=1S/C21H21N5O2/c1-28-18-7-3-2-6-16(18)20-19(24-10-11-25-20)15-5-4-12-26(14-15)21(27)17-13-22-8-9-23-17/h2-3,6-11,13,15H,4-5,12,14H2,1H3. The minimum absolute atomic E-state index is 0.0967. The number of hydrogen-bond donors (Lipinski definition) is 0. The molecule has 1 aromatic carbocycles. The molecule has 1 saturated heterocycles. The Hall–Kier alpha value is -3.35. The van der Waals surface area contributed by atoms with E-state index in [0.717, 1.165) is 35.5 Å². The highest BCUT2D eigenvalue weighted by Gasteiger charge is 2.29. The molecule has 28 heavy (non-hydrogen) atoms. The molecule has 142 valence electrons. The number of hydrogen-bond acceptors (Lipinski definition) is 6. The summed E-state index contributed by atoms with van der Waals surface area (Å²) in [7, 11) is 1.65. The molecule has 1 atom stereocenters. The van der Waals surface area contributed by atoms with Crippen molar-refractivity contribution in [3.05, 3.63) is 66.6 Å². The summed E-state index contributed by atoms with van der Waals surface area (Å²) in [6.07, 6.45) is 9.86. The highest BCUT2D eigenvalue weighted by molar-refractivity contribution is 5.92. The predicted octanol–water partition coefficient (Wildman–Crippen LogP) is 2.96. The maximum absolute atomic E-state index is 12.8. The van der Waals surface area contributed by atoms with E-state index in [1.54, 1.807) is 25.7 Å². The van der Waals surface area contributed by atoms with E-state index >= 15 is 0 Å². The summed E-state index contributed by atoms with van der Waals surface area (Å²) >= 11 is 0. The van der Waals surface area contributed by atoms with Crippen LogP contribution in [0.3, 0.4) is 0 Å². The first-order valence-electron chi connectivity index (χ1n) is 9.27. The second kappa shape index (κ2) is 8.12. The van der Waals surface area contributed by atoms with Crippen molar-refractivity contribution in [3.8, 4) is 17.0 Å². The number of amides is 1. The lowest BCUT2D eigenvalue weighted by Crippen LogP contribution is -2.39. The first-order valence-corrected chi connectivity index (χ1v) is 9.27. The van der Waals surface area contributed by atoms with Crippen molar-refractivity contribution in [2.24, 2.45) is 0 Å². The summed E-state index contributed by atoms with van der Waals surface area (Å²) in [6.45, 7) is 1.28. The van der Waals surface area contributed by atoms with E-state index in [1.807, 2.05) is 29.2 Å². The highest BCUT2D eigenvalue weighted by atomic mass is 16.5. The van der Waals surface area contributed by atoms with E-state index in [-0.39, 0.29) is 11.8 Å². The first kappa shape index (κ1) is 18.0. The van der Waals surface area contributed by atoms with Gasteiger partial charge >= 0.3 is 0 Å². The fraction of sp³-hybridized carbons (Fsp3) is 0.286. The number of ether oxygens (including phenoxy) is 1. The normalized spacial score (nSPS) is 16.6. The third-order valence-corrected chi connectivity index (χ3v) is 4.97. The Bertz CT molecular complexity index is 964. The van der Waals surface area contributed by atoms with Crippen molar-refractivity contribution in [1.29, 1.82) is 0 Å². The lowest BCUT2D eigenvalue weighted by Gasteiger charge is -2.32. The minimum atomic E-state index is -0.0967. The van der Waals surface area contributed by atoms with Gasteiger partial charge in [-0.1, -0.05) is 12.1 Å². The summed E-state index contributed by atoms with van der Waals surface area (Å²) in [5, 5.41) is 0. The molecule has 2 aromatic heterocycles. The van der Waals surface area contributed by atoms with Gasteiger partial charge in [-0.25, -0.2) is 4.98 Å². The summed E-state index contributed by atoms with van der Waals surface area (Å²) in [5.41, 5.74) is 2.97. The average molecular weight is 375 g/mol. The molecule has 1 unspecified atom stereocenters. The second-order valence-electron chi connectivity index (χ2n) is 6.67. The van der Waals surface area contributed by atoms with Crippen LogP contribution in [0.4, 0.5) is 0 Å². The zero-order valence-corrected chi connectivity index (χ0v) is 15.7. The van der Waals surface area contributed by atoms with E-state index in [2.05, 4.69) is 19.9 Å². The Kier molecular flexibility index (Phi) is 5.23. The Morgan fingerprint density at radius 1 is 1.11 bits per heavy atom. The van der Waals surface area contributed by atoms with Crippen LogP contribution < -0.4 is 4.74 Å². The van der Waals surface area contributed by atoms with Gasteiger partial charge in [-0.2, -0.15) is 0 Å². The number of piperidine rings is 1. The molecule has 0 radical (unpaired) electrons. The average Bonchev–Trinajstić information content (AvgIpc) is 2.79. The molecular weight excluding hydrogens is 354 g/mol. The van der Waals surface area contributed by atoms with Crippen LogP contribution >= 0.6 is 0 Å². The van der Waals surface area contributed by atoms with Crippen LogP contribution in [-0.4, -0.2) is 50.9 Å². The quantitative estimate of drug-likeness (QED) is 0.697. The number of rotatable bonds is 4. The number of aromatic nitrogens is 4. The maximum atomic E-state index is 12.8. The molecule has 1 amide bonds. The van der Waals surface area contributed by atoms with Crippen LogP contribution in [0, 0.1) is 0 Å². The summed E-state index contributed by atoms with van der Waals surface area (Å²) in [5.74, 6) is 0.760. The van der Waals surface area contributed by atoms with E-state index in [1.165, 1.54) is 12.4 Å². The van der Waals surface area contributed by atoms with Crippen molar-refractivity contribution in [2.75, 3.05) is 20.2 Å². The molecule has 4 rings (SSSR count). The third kappa shape index (κ3) is 3.55. The van der Waals surface area contributed by atoms with Gasteiger partial charge in [0.05, 0.1) is 24.7 Å². The molecule has 7 heteroatoms. The van der Waals surface area contributed by atoms with Crippen molar-refractivity contribution in [1.82, 2.24) is 24.8 Å².